The normalized spacial score (nSPS) is 16.2. The van der Waals surface area contributed by atoms with Gasteiger partial charge in [0.15, 0.2) is 0 Å². The zero-order valence-corrected chi connectivity index (χ0v) is 39.9. The molecule has 0 atom stereocenters. The van der Waals surface area contributed by atoms with Crippen LogP contribution in [0.3, 0.4) is 0 Å². The van der Waals surface area contributed by atoms with E-state index in [-0.39, 0.29) is 23.1 Å². The van der Waals surface area contributed by atoms with Crippen molar-refractivity contribution in [1.29, 1.82) is 0 Å². The maximum Gasteiger partial charge on any atom is 0.333 e. The third-order valence-electron chi connectivity index (χ3n) is 16.2. The molecule has 6 heteroatoms. The van der Waals surface area contributed by atoms with Gasteiger partial charge in [-0.3, -0.25) is 0 Å². The molecule has 0 N–H and O–H groups in total. The predicted molar refractivity (Wildman–Crippen MR) is 287 cm³/mol. The molecule has 0 unspecified atom stereocenters. The minimum atomic E-state index is -0.113. The van der Waals surface area contributed by atoms with Gasteiger partial charge in [-0.05, 0) is 117 Å². The number of nitrogens with zero attached hydrogens (tertiary/aromatic N) is 2. The van der Waals surface area contributed by atoms with Crippen molar-refractivity contribution < 1.29 is 4.42 Å². The average Bonchev–Trinajstić information content (AvgIpc) is 4.07. The summed E-state index contributed by atoms with van der Waals surface area (Å²) in [7, 11) is 0. The molecule has 0 saturated heterocycles. The molecule has 1 aliphatic carbocycles. The van der Waals surface area contributed by atoms with Crippen LogP contribution in [0.15, 0.2) is 138 Å². The first-order valence-corrected chi connectivity index (χ1v) is 25.3. The number of fused-ring (bicyclic) bond motifs is 20. The lowest BCUT2D eigenvalue weighted by Crippen LogP contribution is -2.60. The summed E-state index contributed by atoms with van der Waals surface area (Å²) in [5.41, 5.74) is 18.0. The van der Waals surface area contributed by atoms with Crippen molar-refractivity contribution in [3.8, 4) is 16.8 Å². The Morgan fingerprint density at radius 3 is 2.02 bits per heavy atom. The van der Waals surface area contributed by atoms with Crippen LogP contribution in [0.2, 0.25) is 0 Å². The second-order valence-corrected chi connectivity index (χ2v) is 24.0. The number of anilines is 2. The Kier molecular flexibility index (Phi) is 7.08. The van der Waals surface area contributed by atoms with Gasteiger partial charge >= 0.3 is 6.85 Å². The summed E-state index contributed by atoms with van der Waals surface area (Å²) in [5, 5.41) is 10.4. The Balaban J connectivity index is 1.20. The Bertz CT molecular complexity index is 4170. The first-order valence-electron chi connectivity index (χ1n) is 23.7. The van der Waals surface area contributed by atoms with E-state index in [9.17, 15) is 0 Å². The van der Waals surface area contributed by atoms with Gasteiger partial charge in [0.05, 0.1) is 11.0 Å². The smallest absolute Gasteiger partial charge is 0.333 e. The van der Waals surface area contributed by atoms with E-state index in [4.69, 9.17) is 4.42 Å². The largest absolute Gasteiger partial charge is 0.456 e. The van der Waals surface area contributed by atoms with Crippen LogP contribution in [0.5, 0.6) is 0 Å². The molecule has 12 aromatic rings. The maximum absolute atomic E-state index is 6.81. The molecule has 0 radical (unpaired) electrons. The van der Waals surface area contributed by atoms with Gasteiger partial charge in [-0.25, -0.2) is 0 Å². The molecule has 8 aromatic carbocycles. The van der Waals surface area contributed by atoms with Gasteiger partial charge in [-0.15, -0.1) is 22.7 Å². The Labute approximate surface area is 392 Å². The molecule has 0 spiro atoms. The summed E-state index contributed by atoms with van der Waals surface area (Å²) in [6.07, 6.45) is 2.35. The quantitative estimate of drug-likeness (QED) is 0.153. The standard InChI is InChI=1S/C60H47BN2OS2/c1-58(2,3)32-20-22-33(23-21-32)63-45-28-37-34-14-8-11-17-47(34)64-48(37)29-40(45)54-55-56-52(53-36-16-10-13-19-50(36)66-57(53)54)39-26-41-42(60(6,7)25-24-59(41,4)5)30-44(39)62(56)46-31-51-38(27-43(46)61(55)63)35-15-9-12-18-49(35)65-51/h8-23,26-31H,24-25H2,1-7H3. The molecule has 3 nitrogen and oxygen atoms in total. The molecular formula is C60H47BN2OS2. The van der Waals surface area contributed by atoms with Crippen molar-refractivity contribution in [3.05, 3.63) is 150 Å². The minimum Gasteiger partial charge on any atom is -0.456 e. The highest BCUT2D eigenvalue weighted by molar-refractivity contribution is 7.27. The van der Waals surface area contributed by atoms with E-state index in [0.29, 0.717) is 0 Å². The second-order valence-electron chi connectivity index (χ2n) is 21.9. The van der Waals surface area contributed by atoms with E-state index < -0.39 is 0 Å². The van der Waals surface area contributed by atoms with Crippen molar-refractivity contribution in [2.24, 2.45) is 0 Å². The van der Waals surface area contributed by atoms with Crippen molar-refractivity contribution >= 4 is 136 Å². The van der Waals surface area contributed by atoms with Crippen molar-refractivity contribution in [2.45, 2.75) is 77.6 Å². The number of hydrogen-bond donors (Lipinski definition) is 0. The molecule has 6 heterocycles. The van der Waals surface area contributed by atoms with Crippen LogP contribution < -0.4 is 15.7 Å². The van der Waals surface area contributed by atoms with Gasteiger partial charge in [0.1, 0.15) is 11.2 Å². The number of thiophene rings is 2. The van der Waals surface area contributed by atoms with Gasteiger partial charge in [0, 0.05) is 90.1 Å². The van der Waals surface area contributed by atoms with Crippen LogP contribution in [-0.4, -0.2) is 11.4 Å². The lowest BCUT2D eigenvalue weighted by molar-refractivity contribution is 0.332. The molecule has 0 bridgehead atoms. The van der Waals surface area contributed by atoms with E-state index in [1.165, 1.54) is 131 Å². The number of hydrogen-bond acceptors (Lipinski definition) is 4. The monoisotopic (exact) mass is 886 g/mol. The van der Waals surface area contributed by atoms with Crippen LogP contribution in [0, 0.1) is 0 Å². The Hall–Kier alpha value is -6.34. The first kappa shape index (κ1) is 37.8. The Morgan fingerprint density at radius 2 is 1.26 bits per heavy atom. The summed E-state index contributed by atoms with van der Waals surface area (Å²) in [5.74, 6) is 0. The lowest BCUT2D eigenvalue weighted by atomic mass is 9.43. The fourth-order valence-electron chi connectivity index (χ4n) is 12.7. The zero-order chi connectivity index (χ0) is 44.3. The highest BCUT2D eigenvalue weighted by atomic mass is 32.1. The second kappa shape index (κ2) is 12.4. The van der Waals surface area contributed by atoms with Gasteiger partial charge in [0.25, 0.3) is 0 Å². The van der Waals surface area contributed by atoms with E-state index in [0.717, 1.165) is 21.9 Å². The van der Waals surface area contributed by atoms with Gasteiger partial charge in [0.2, 0.25) is 0 Å². The molecular weight excluding hydrogens is 840 g/mol. The number of benzene rings is 8. The molecule has 3 aliphatic rings. The fraction of sp³-hybridized carbons (Fsp3) is 0.200. The third-order valence-corrected chi connectivity index (χ3v) is 18.5. The van der Waals surface area contributed by atoms with Gasteiger partial charge in [-0.1, -0.05) is 121 Å². The summed E-state index contributed by atoms with van der Waals surface area (Å²) < 4.78 is 14.9. The Morgan fingerprint density at radius 1 is 0.576 bits per heavy atom. The minimum absolute atomic E-state index is 0.0258. The highest BCUT2D eigenvalue weighted by Gasteiger charge is 2.47. The fourth-order valence-corrected chi connectivity index (χ4v) is 15.1. The van der Waals surface area contributed by atoms with Crippen LogP contribution in [0.25, 0.3) is 101 Å². The van der Waals surface area contributed by atoms with E-state index in [1.807, 2.05) is 22.7 Å². The lowest BCUT2D eigenvalue weighted by Gasteiger charge is -2.42. The predicted octanol–water partition coefficient (Wildman–Crippen LogP) is 16.3. The molecule has 0 saturated carbocycles. The van der Waals surface area contributed by atoms with Crippen LogP contribution >= 0.6 is 22.7 Å². The van der Waals surface area contributed by atoms with E-state index in [1.54, 1.807) is 0 Å². The topological polar surface area (TPSA) is 21.3 Å². The van der Waals surface area contributed by atoms with Crippen LogP contribution in [0.4, 0.5) is 11.4 Å². The maximum atomic E-state index is 6.81. The SMILES string of the molecule is CC(C)(C)c1ccc(N2B3c4cc5c(cc4-n4c6cc7c(cc6c6c8c(sc9ccccc98)c(c3c64)-c3cc4oc6ccccc6c4cc32)C(C)(C)CCC7(C)C)sc2ccccc25)cc1. The number of para-hydroxylation sites is 1. The summed E-state index contributed by atoms with van der Waals surface area (Å²) >= 11 is 3.89. The molecule has 2 aliphatic heterocycles. The molecule has 0 fully saturated rings. The molecule has 15 rings (SSSR count). The number of furan rings is 1. The summed E-state index contributed by atoms with van der Waals surface area (Å²) in [6.45, 7) is 16.7. The van der Waals surface area contributed by atoms with Crippen molar-refractivity contribution in [2.75, 3.05) is 4.81 Å². The van der Waals surface area contributed by atoms with E-state index in [2.05, 4.69) is 191 Å². The molecule has 0 amide bonds. The van der Waals surface area contributed by atoms with E-state index >= 15 is 0 Å². The average molecular weight is 887 g/mol. The number of rotatable bonds is 1. The number of aromatic nitrogens is 1. The highest BCUT2D eigenvalue weighted by Crippen LogP contribution is 2.56. The van der Waals surface area contributed by atoms with Gasteiger partial charge < -0.3 is 13.8 Å². The summed E-state index contributed by atoms with van der Waals surface area (Å²) in [6, 6.07) is 51.5. The third kappa shape index (κ3) is 4.74. The molecule has 66 heavy (non-hydrogen) atoms. The first-order chi connectivity index (χ1) is 31.8. The van der Waals surface area contributed by atoms with Crippen molar-refractivity contribution in [1.82, 2.24) is 4.57 Å². The summed E-state index contributed by atoms with van der Waals surface area (Å²) in [4.78, 5) is 2.71. The van der Waals surface area contributed by atoms with Crippen LogP contribution in [0.1, 0.15) is 78.0 Å². The van der Waals surface area contributed by atoms with Crippen LogP contribution in [-0.2, 0) is 16.2 Å². The van der Waals surface area contributed by atoms with Crippen molar-refractivity contribution in [3.63, 3.8) is 0 Å². The molecule has 4 aromatic heterocycles. The van der Waals surface area contributed by atoms with Gasteiger partial charge in [-0.2, -0.15) is 0 Å². The zero-order valence-electron chi connectivity index (χ0n) is 38.3. The molecule has 318 valence electrons.